The maximum atomic E-state index is 13.2. The van der Waals surface area contributed by atoms with Crippen molar-refractivity contribution in [3.8, 4) is 0 Å². The normalized spacial score (nSPS) is 22.9. The van der Waals surface area contributed by atoms with Gasteiger partial charge in [-0.05, 0) is 25.5 Å². The predicted octanol–water partition coefficient (Wildman–Crippen LogP) is 0.140. The number of thiazole rings is 1. The number of carboxylic acid groups (broad SMARTS) is 2. The summed E-state index contributed by atoms with van der Waals surface area (Å²) in [6.07, 6.45) is 5.75. The van der Waals surface area contributed by atoms with Crippen molar-refractivity contribution in [1.29, 1.82) is 0 Å². The van der Waals surface area contributed by atoms with Crippen molar-refractivity contribution in [3.63, 3.8) is 0 Å². The van der Waals surface area contributed by atoms with Crippen LogP contribution in [0, 0.1) is 0 Å². The zero-order valence-electron chi connectivity index (χ0n) is 21.5. The Labute approximate surface area is 239 Å². The van der Waals surface area contributed by atoms with Gasteiger partial charge in [-0.2, -0.15) is 0 Å². The third-order valence-electron chi connectivity index (χ3n) is 6.04. The Kier molecular flexibility index (Phi) is 8.36. The number of likely N-dealkylation sites (N-methyl/N-ethyl adjacent to an activating group) is 1. The Bertz CT molecular complexity index is 1410. The summed E-state index contributed by atoms with van der Waals surface area (Å²) >= 11 is 2.37. The minimum atomic E-state index is -1.80. The molecular formula is C23H26N6O8S3. The molecule has 2 amide bonds. The maximum Gasteiger partial charge on any atom is 0.352 e. The number of thioether (sulfide) groups is 1. The number of hydrogen-bond acceptors (Lipinski definition) is 12. The fourth-order valence-electron chi connectivity index (χ4n) is 3.81. The second-order valence-corrected chi connectivity index (χ2v) is 12.9. The number of nitrogens with zero attached hydrogens (tertiary/aromatic N) is 4. The summed E-state index contributed by atoms with van der Waals surface area (Å²) in [5.74, 6) is -4.28. The molecule has 4 rings (SSSR count). The van der Waals surface area contributed by atoms with Crippen LogP contribution >= 0.6 is 23.1 Å². The van der Waals surface area contributed by atoms with E-state index in [-0.39, 0.29) is 28.0 Å². The van der Waals surface area contributed by atoms with Gasteiger partial charge in [-0.1, -0.05) is 11.2 Å². The van der Waals surface area contributed by atoms with Gasteiger partial charge < -0.3 is 31.0 Å². The Morgan fingerprint density at radius 1 is 1.38 bits per heavy atom. The van der Waals surface area contributed by atoms with E-state index in [0.29, 0.717) is 12.1 Å². The number of β-lactam (4-membered cyclic amide) rings is 1. The van der Waals surface area contributed by atoms with Gasteiger partial charge in [0.25, 0.3) is 11.8 Å². The molecule has 17 heteroatoms. The first-order chi connectivity index (χ1) is 18.8. The molecule has 1 aromatic heterocycles. The highest BCUT2D eigenvalue weighted by Crippen LogP contribution is 2.37. The van der Waals surface area contributed by atoms with Gasteiger partial charge in [0.15, 0.2) is 10.8 Å². The number of oxime groups is 1. The third kappa shape index (κ3) is 5.90. The molecule has 0 aromatic carbocycles. The summed E-state index contributed by atoms with van der Waals surface area (Å²) in [4.78, 5) is 62.8. The van der Waals surface area contributed by atoms with E-state index in [0.717, 1.165) is 21.1 Å². The lowest BCUT2D eigenvalue weighted by Gasteiger charge is -2.49. The number of allylic oxidation sites excluding steroid dienone is 1. The van der Waals surface area contributed by atoms with Crippen molar-refractivity contribution >= 4 is 68.5 Å². The van der Waals surface area contributed by atoms with Gasteiger partial charge in [-0.3, -0.25) is 18.7 Å². The molecule has 0 bridgehead atoms. The molecule has 3 aliphatic heterocycles. The van der Waals surface area contributed by atoms with Crippen LogP contribution in [0.5, 0.6) is 0 Å². The molecule has 0 aliphatic carbocycles. The van der Waals surface area contributed by atoms with Gasteiger partial charge in [0.1, 0.15) is 22.8 Å². The zero-order valence-corrected chi connectivity index (χ0v) is 24.0. The summed E-state index contributed by atoms with van der Waals surface area (Å²) in [7, 11) is 0.192. The molecule has 14 nitrogen and oxygen atoms in total. The van der Waals surface area contributed by atoms with E-state index in [2.05, 4.69) is 15.5 Å². The number of nitrogen functional groups attached to an aromatic ring is 1. The summed E-state index contributed by atoms with van der Waals surface area (Å²) in [6.45, 7) is 3.14. The number of nitrogens with one attached hydrogen (secondary N) is 1. The fourth-order valence-corrected chi connectivity index (χ4v) is 7.11. The van der Waals surface area contributed by atoms with Crippen LogP contribution in [0.2, 0.25) is 0 Å². The zero-order chi connectivity index (χ0) is 29.4. The molecule has 40 heavy (non-hydrogen) atoms. The van der Waals surface area contributed by atoms with Gasteiger partial charge in [-0.25, -0.2) is 14.6 Å². The van der Waals surface area contributed by atoms with E-state index in [1.54, 1.807) is 0 Å². The van der Waals surface area contributed by atoms with E-state index in [4.69, 9.17) is 10.6 Å². The molecule has 0 spiro atoms. The highest BCUT2D eigenvalue weighted by Gasteiger charge is 2.57. The standard InChI is InChI=1S/C23H26N6O8S3/c1-23(2,21(34)35)37-27-14(13-9-39-22(24)25-13)17(30)26-15-18(31)29-16(20(32)33)11(10-40(36)19(15)29)8-38-12-4-6-28(3)7-5-12/h4-6,9,15,19H,7-8,10H2,1-3H3,(H2,24,25)(H,26,30)(H,32,33)(H,34,35)/b27-14-/t15-,19-,40?/m1/s1. The van der Waals surface area contributed by atoms with Gasteiger partial charge in [0, 0.05) is 35.8 Å². The molecule has 3 atom stereocenters. The summed E-state index contributed by atoms with van der Waals surface area (Å²) in [5.41, 5.74) is 3.48. The first-order valence-corrected chi connectivity index (χ1v) is 14.9. The number of aromatic nitrogens is 1. The molecule has 5 N–H and O–H groups in total. The molecule has 214 valence electrons. The average Bonchev–Trinajstić information content (AvgIpc) is 3.31. The number of amides is 2. The van der Waals surface area contributed by atoms with E-state index in [9.17, 15) is 33.6 Å². The van der Waals surface area contributed by atoms with Crippen LogP contribution in [0.15, 0.2) is 45.1 Å². The molecule has 1 aromatic rings. The highest BCUT2D eigenvalue weighted by molar-refractivity contribution is 8.03. The number of aliphatic carboxylic acids is 2. The number of carbonyl (C=O) groups is 4. The lowest BCUT2D eigenvalue weighted by molar-refractivity contribution is -0.161. The van der Waals surface area contributed by atoms with Crippen LogP contribution in [0.3, 0.4) is 0 Å². The predicted molar refractivity (Wildman–Crippen MR) is 148 cm³/mol. The second-order valence-electron chi connectivity index (χ2n) is 9.40. The largest absolute Gasteiger partial charge is 0.478 e. The van der Waals surface area contributed by atoms with Gasteiger partial charge in [0.05, 0.1) is 16.6 Å². The highest BCUT2D eigenvalue weighted by atomic mass is 32.2. The molecule has 0 radical (unpaired) electrons. The van der Waals surface area contributed by atoms with Crippen LogP contribution < -0.4 is 11.1 Å². The summed E-state index contributed by atoms with van der Waals surface area (Å²) in [6, 6.07) is -1.31. The number of nitrogens with two attached hydrogens (primary N) is 1. The lowest BCUT2D eigenvalue weighted by Crippen LogP contribution is -2.74. The number of hydrogen-bond donors (Lipinski definition) is 4. The Hall–Kier alpha value is -3.70. The van der Waals surface area contributed by atoms with Crippen LogP contribution in [0.25, 0.3) is 0 Å². The summed E-state index contributed by atoms with van der Waals surface area (Å²) < 4.78 is 13.2. The van der Waals surface area contributed by atoms with Crippen molar-refractivity contribution in [2.45, 2.75) is 30.9 Å². The second kappa shape index (κ2) is 11.4. The topological polar surface area (TPSA) is 205 Å². The molecule has 1 unspecified atom stereocenters. The lowest BCUT2D eigenvalue weighted by atomic mass is 10.0. The summed E-state index contributed by atoms with van der Waals surface area (Å²) in [5, 5.41) is 25.7. The Morgan fingerprint density at radius 2 is 2.10 bits per heavy atom. The van der Waals surface area contributed by atoms with Crippen molar-refractivity contribution in [2.24, 2.45) is 5.16 Å². The Balaban J connectivity index is 1.54. The van der Waals surface area contributed by atoms with E-state index in [1.165, 1.54) is 31.0 Å². The first-order valence-electron chi connectivity index (χ1n) is 11.7. The van der Waals surface area contributed by atoms with Crippen molar-refractivity contribution in [1.82, 2.24) is 20.1 Å². The number of carboxylic acids is 2. The molecule has 4 heterocycles. The van der Waals surface area contributed by atoms with Crippen molar-refractivity contribution in [2.75, 3.05) is 30.8 Å². The molecular weight excluding hydrogens is 584 g/mol. The van der Waals surface area contributed by atoms with Gasteiger partial charge in [-0.15, -0.1) is 23.1 Å². The molecule has 1 fully saturated rings. The van der Waals surface area contributed by atoms with Crippen LogP contribution in [0.1, 0.15) is 19.5 Å². The van der Waals surface area contributed by atoms with E-state index >= 15 is 0 Å². The monoisotopic (exact) mass is 610 g/mol. The number of rotatable bonds is 10. The minimum absolute atomic E-state index is 0.0303. The fraction of sp³-hybridized carbons (Fsp3) is 0.391. The quantitative estimate of drug-likeness (QED) is 0.159. The Morgan fingerprint density at radius 3 is 2.67 bits per heavy atom. The van der Waals surface area contributed by atoms with Crippen LogP contribution in [-0.2, 0) is 34.8 Å². The van der Waals surface area contributed by atoms with Crippen LogP contribution in [0.4, 0.5) is 5.13 Å². The first kappa shape index (κ1) is 29.3. The van der Waals surface area contributed by atoms with Gasteiger partial charge in [0.2, 0.25) is 5.60 Å². The molecule has 0 saturated carbocycles. The smallest absolute Gasteiger partial charge is 0.352 e. The SMILES string of the molecule is CN1C=CC(SCC2=C(C(=O)O)N3C(=O)[C@@H](NC(=O)/C(=N\OC(C)(C)C(=O)O)c4csc(N)n4)[C@H]3S(=O)C2)=CC1. The van der Waals surface area contributed by atoms with Crippen LogP contribution in [-0.4, -0.2) is 101 Å². The number of fused-ring (bicyclic) bond motifs is 1. The number of anilines is 1. The molecule has 3 aliphatic rings. The van der Waals surface area contributed by atoms with E-state index < -0.39 is 57.3 Å². The van der Waals surface area contributed by atoms with E-state index in [1.807, 2.05) is 30.3 Å². The molecule has 1 saturated heterocycles. The number of carbonyl (C=O) groups excluding carboxylic acids is 2. The average molecular weight is 611 g/mol. The maximum absolute atomic E-state index is 13.2. The van der Waals surface area contributed by atoms with Crippen molar-refractivity contribution in [3.05, 3.63) is 45.6 Å². The van der Waals surface area contributed by atoms with Gasteiger partial charge >= 0.3 is 11.9 Å². The van der Waals surface area contributed by atoms with Crippen molar-refractivity contribution < 1.29 is 38.4 Å². The minimum Gasteiger partial charge on any atom is -0.478 e. The third-order valence-corrected chi connectivity index (χ3v) is 9.50.